The van der Waals surface area contributed by atoms with Crippen molar-refractivity contribution in [1.82, 2.24) is 15.2 Å². The largest absolute Gasteiger partial charge is 0.351 e. The number of carbonyl (C=O) groups is 1. The third-order valence-electron chi connectivity index (χ3n) is 3.02. The zero-order valence-electron chi connectivity index (χ0n) is 10.4. The third-order valence-corrected chi connectivity index (χ3v) is 3.02. The summed E-state index contributed by atoms with van der Waals surface area (Å²) in [6.07, 6.45) is 5.39. The zero-order valence-corrected chi connectivity index (χ0v) is 10.4. The average Bonchev–Trinajstić information content (AvgIpc) is 3.06. The molecule has 0 radical (unpaired) electrons. The van der Waals surface area contributed by atoms with E-state index in [0.717, 1.165) is 31.7 Å². The molecular weight excluding hydrogens is 214 g/mol. The predicted octanol–water partition coefficient (Wildman–Crippen LogP) is 1.55. The Hall–Kier alpha value is -1.29. The minimum absolute atomic E-state index is 0.0541. The van der Waals surface area contributed by atoms with Gasteiger partial charge in [0, 0.05) is 18.8 Å². The summed E-state index contributed by atoms with van der Waals surface area (Å²) in [5.41, 5.74) is 0.802. The minimum Gasteiger partial charge on any atom is -0.351 e. The Morgan fingerprint density at radius 2 is 2.29 bits per heavy atom. The van der Waals surface area contributed by atoms with Crippen LogP contribution in [0.3, 0.4) is 0 Å². The van der Waals surface area contributed by atoms with Crippen LogP contribution < -0.4 is 10.6 Å². The third kappa shape index (κ3) is 3.33. The number of nitrogens with one attached hydrogen (secondary N) is 2. The Bertz CT molecular complexity index is 368. The van der Waals surface area contributed by atoms with Gasteiger partial charge in [0.2, 0.25) is 0 Å². The topological polar surface area (TPSA) is 46.1 Å². The highest BCUT2D eigenvalue weighted by Crippen LogP contribution is 2.35. The molecule has 0 unspecified atom stereocenters. The van der Waals surface area contributed by atoms with Gasteiger partial charge >= 0.3 is 0 Å². The van der Waals surface area contributed by atoms with Crippen LogP contribution in [0, 0.1) is 0 Å². The second kappa shape index (κ2) is 5.87. The van der Waals surface area contributed by atoms with Gasteiger partial charge in [-0.2, -0.15) is 0 Å². The van der Waals surface area contributed by atoms with Gasteiger partial charge in [0.05, 0.1) is 0 Å². The van der Waals surface area contributed by atoms with E-state index in [4.69, 9.17) is 0 Å². The van der Waals surface area contributed by atoms with Crippen LogP contribution in [0.5, 0.6) is 0 Å². The number of hydrogen-bond acceptors (Lipinski definition) is 2. The fourth-order valence-corrected chi connectivity index (χ4v) is 1.94. The van der Waals surface area contributed by atoms with Crippen LogP contribution in [0.4, 0.5) is 0 Å². The van der Waals surface area contributed by atoms with E-state index in [2.05, 4.69) is 22.1 Å². The van der Waals surface area contributed by atoms with E-state index in [1.165, 1.54) is 12.8 Å². The van der Waals surface area contributed by atoms with E-state index in [-0.39, 0.29) is 5.91 Å². The van der Waals surface area contributed by atoms with Crippen LogP contribution in [0.25, 0.3) is 0 Å². The van der Waals surface area contributed by atoms with Crippen LogP contribution >= 0.6 is 0 Å². The quantitative estimate of drug-likeness (QED) is 0.704. The molecule has 1 aromatic heterocycles. The average molecular weight is 235 g/mol. The van der Waals surface area contributed by atoms with Crippen molar-refractivity contribution in [3.63, 3.8) is 0 Å². The number of hydrogen-bond donors (Lipinski definition) is 2. The van der Waals surface area contributed by atoms with E-state index in [0.29, 0.717) is 6.04 Å². The summed E-state index contributed by atoms with van der Waals surface area (Å²) in [5, 5.41) is 6.21. The maximum atomic E-state index is 11.9. The summed E-state index contributed by atoms with van der Waals surface area (Å²) in [6, 6.07) is 4.41. The van der Waals surface area contributed by atoms with E-state index in [1.54, 1.807) is 0 Å². The standard InChI is InChI=1S/C13H21N3O/c1-2-14-8-4-9-15-13(17)12-5-3-10-16(12)11-6-7-11/h3,5,10-11,14H,2,4,6-9H2,1H3,(H,15,17). The molecule has 1 saturated carbocycles. The van der Waals surface area contributed by atoms with Crippen LogP contribution in [0.1, 0.15) is 42.7 Å². The van der Waals surface area contributed by atoms with E-state index >= 15 is 0 Å². The molecule has 0 spiro atoms. The fourth-order valence-electron chi connectivity index (χ4n) is 1.94. The summed E-state index contributed by atoms with van der Waals surface area (Å²) in [5.74, 6) is 0.0541. The number of aromatic nitrogens is 1. The van der Waals surface area contributed by atoms with Gasteiger partial charge in [-0.1, -0.05) is 6.92 Å². The van der Waals surface area contributed by atoms with Crippen molar-refractivity contribution in [2.45, 2.75) is 32.2 Å². The number of carbonyl (C=O) groups excluding carboxylic acids is 1. The fraction of sp³-hybridized carbons (Fsp3) is 0.615. The molecule has 94 valence electrons. The van der Waals surface area contributed by atoms with Crippen LogP contribution in [0.2, 0.25) is 0 Å². The van der Waals surface area contributed by atoms with Crippen molar-refractivity contribution in [2.24, 2.45) is 0 Å². The molecule has 1 aromatic rings. The second-order valence-corrected chi connectivity index (χ2v) is 4.49. The van der Waals surface area contributed by atoms with Crippen LogP contribution in [-0.2, 0) is 0 Å². The molecule has 17 heavy (non-hydrogen) atoms. The first-order chi connectivity index (χ1) is 8.33. The number of amides is 1. The van der Waals surface area contributed by atoms with Gasteiger partial charge in [-0.15, -0.1) is 0 Å². The van der Waals surface area contributed by atoms with Crippen molar-refractivity contribution < 1.29 is 4.79 Å². The first-order valence-corrected chi connectivity index (χ1v) is 6.48. The van der Waals surface area contributed by atoms with E-state index in [1.807, 2.05) is 18.3 Å². The summed E-state index contributed by atoms with van der Waals surface area (Å²) in [7, 11) is 0. The highest BCUT2D eigenvalue weighted by molar-refractivity contribution is 5.92. The molecule has 0 bridgehead atoms. The maximum absolute atomic E-state index is 11.9. The van der Waals surface area contributed by atoms with E-state index < -0.39 is 0 Å². The van der Waals surface area contributed by atoms with Gasteiger partial charge in [-0.25, -0.2) is 0 Å². The Morgan fingerprint density at radius 3 is 3.00 bits per heavy atom. The molecule has 1 heterocycles. The molecule has 0 saturated heterocycles. The Morgan fingerprint density at radius 1 is 1.47 bits per heavy atom. The van der Waals surface area contributed by atoms with Gasteiger partial charge in [0.25, 0.3) is 5.91 Å². The summed E-state index contributed by atoms with van der Waals surface area (Å²) in [6.45, 7) is 4.77. The lowest BCUT2D eigenvalue weighted by molar-refractivity contribution is 0.0944. The molecule has 2 N–H and O–H groups in total. The van der Waals surface area contributed by atoms with Crippen molar-refractivity contribution in [1.29, 1.82) is 0 Å². The highest BCUT2D eigenvalue weighted by Gasteiger charge is 2.26. The lowest BCUT2D eigenvalue weighted by Gasteiger charge is -2.08. The molecule has 1 fully saturated rings. The van der Waals surface area contributed by atoms with Crippen molar-refractivity contribution >= 4 is 5.91 Å². The lowest BCUT2D eigenvalue weighted by Crippen LogP contribution is -2.28. The molecule has 0 atom stereocenters. The lowest BCUT2D eigenvalue weighted by atomic mass is 10.3. The first-order valence-electron chi connectivity index (χ1n) is 6.48. The Kier molecular flexibility index (Phi) is 4.20. The molecule has 2 rings (SSSR count). The van der Waals surface area contributed by atoms with Crippen molar-refractivity contribution in [3.05, 3.63) is 24.0 Å². The van der Waals surface area contributed by atoms with Gasteiger partial charge in [0.15, 0.2) is 0 Å². The van der Waals surface area contributed by atoms with Gasteiger partial charge in [0.1, 0.15) is 5.69 Å². The van der Waals surface area contributed by atoms with Crippen molar-refractivity contribution in [3.8, 4) is 0 Å². The predicted molar refractivity (Wildman–Crippen MR) is 68.2 cm³/mol. The molecule has 1 aliphatic carbocycles. The minimum atomic E-state index is 0.0541. The van der Waals surface area contributed by atoms with Crippen LogP contribution in [-0.4, -0.2) is 30.1 Å². The molecule has 4 heteroatoms. The van der Waals surface area contributed by atoms with E-state index in [9.17, 15) is 4.79 Å². The summed E-state index contributed by atoms with van der Waals surface area (Å²) < 4.78 is 2.10. The maximum Gasteiger partial charge on any atom is 0.267 e. The molecule has 0 aromatic carbocycles. The molecule has 1 aliphatic rings. The van der Waals surface area contributed by atoms with Gasteiger partial charge in [-0.3, -0.25) is 4.79 Å². The molecule has 0 aliphatic heterocycles. The SMILES string of the molecule is CCNCCCNC(=O)c1cccn1C1CC1. The highest BCUT2D eigenvalue weighted by atomic mass is 16.1. The second-order valence-electron chi connectivity index (χ2n) is 4.49. The summed E-state index contributed by atoms with van der Waals surface area (Å²) in [4.78, 5) is 11.9. The molecule has 4 nitrogen and oxygen atoms in total. The molecular formula is C13H21N3O. The van der Waals surface area contributed by atoms with Gasteiger partial charge < -0.3 is 15.2 Å². The number of rotatable bonds is 7. The number of nitrogens with zero attached hydrogens (tertiary/aromatic N) is 1. The first kappa shape index (κ1) is 12.2. The van der Waals surface area contributed by atoms with Gasteiger partial charge in [-0.05, 0) is 44.5 Å². The molecule has 1 amide bonds. The zero-order chi connectivity index (χ0) is 12.1. The Balaban J connectivity index is 1.76. The summed E-state index contributed by atoms with van der Waals surface area (Å²) >= 11 is 0. The monoisotopic (exact) mass is 235 g/mol. The van der Waals surface area contributed by atoms with Crippen LogP contribution in [0.15, 0.2) is 18.3 Å². The normalized spacial score (nSPS) is 14.9. The van der Waals surface area contributed by atoms with Crippen molar-refractivity contribution in [2.75, 3.05) is 19.6 Å². The Labute approximate surface area is 102 Å². The smallest absolute Gasteiger partial charge is 0.267 e.